The summed E-state index contributed by atoms with van der Waals surface area (Å²) in [5, 5.41) is 7.17. The fourth-order valence-corrected chi connectivity index (χ4v) is 1.74. The average molecular weight is 264 g/mol. The Morgan fingerprint density at radius 2 is 2.21 bits per heavy atom. The number of nitrogens with one attached hydrogen (secondary N) is 1. The summed E-state index contributed by atoms with van der Waals surface area (Å²) >= 11 is 0. The summed E-state index contributed by atoms with van der Waals surface area (Å²) in [6.07, 6.45) is 1.06. The summed E-state index contributed by atoms with van der Waals surface area (Å²) < 4.78 is 23.7. The Morgan fingerprint density at radius 1 is 1.37 bits per heavy atom. The van der Waals surface area contributed by atoms with E-state index in [1.165, 1.54) is 13.2 Å². The number of halogens is 1. The molecular weight excluding hydrogens is 247 g/mol. The maximum absolute atomic E-state index is 13.6. The first-order chi connectivity index (χ1) is 9.24. The van der Waals surface area contributed by atoms with Crippen LogP contribution in [0.3, 0.4) is 0 Å². The highest BCUT2D eigenvalue weighted by molar-refractivity contribution is 5.58. The number of hydrogen-bond acceptors (Lipinski definition) is 4. The third-order valence-electron chi connectivity index (χ3n) is 2.73. The van der Waals surface area contributed by atoms with Crippen molar-refractivity contribution in [2.75, 3.05) is 13.7 Å². The molecule has 4 nitrogen and oxygen atoms in total. The van der Waals surface area contributed by atoms with Crippen LogP contribution in [0, 0.1) is 5.82 Å². The van der Waals surface area contributed by atoms with Crippen LogP contribution < -0.4 is 10.1 Å². The van der Waals surface area contributed by atoms with Gasteiger partial charge < -0.3 is 14.6 Å². The second kappa shape index (κ2) is 6.33. The van der Waals surface area contributed by atoms with Crippen LogP contribution in [0.1, 0.15) is 19.0 Å². The molecule has 19 heavy (non-hydrogen) atoms. The van der Waals surface area contributed by atoms with E-state index in [1.54, 1.807) is 12.1 Å². The number of ether oxygens (including phenoxy) is 1. The molecular formula is C14H17FN2O2. The molecule has 0 saturated heterocycles. The third kappa shape index (κ3) is 3.32. The van der Waals surface area contributed by atoms with Gasteiger partial charge in [-0.25, -0.2) is 4.39 Å². The van der Waals surface area contributed by atoms with E-state index in [0.717, 1.165) is 18.7 Å². The summed E-state index contributed by atoms with van der Waals surface area (Å²) in [6.45, 7) is 3.68. The Hall–Kier alpha value is -1.88. The van der Waals surface area contributed by atoms with Crippen molar-refractivity contribution in [1.82, 2.24) is 10.5 Å². The molecule has 0 aliphatic rings. The van der Waals surface area contributed by atoms with Crippen LogP contribution in [0.15, 0.2) is 28.8 Å². The highest BCUT2D eigenvalue weighted by Gasteiger charge is 2.10. The maximum atomic E-state index is 13.6. The molecule has 5 heteroatoms. The Kier molecular flexibility index (Phi) is 4.52. The van der Waals surface area contributed by atoms with E-state index < -0.39 is 5.82 Å². The highest BCUT2D eigenvalue weighted by atomic mass is 19.1. The molecule has 0 bridgehead atoms. The van der Waals surface area contributed by atoms with Gasteiger partial charge in [-0.1, -0.05) is 12.1 Å². The Balaban J connectivity index is 2.11. The van der Waals surface area contributed by atoms with Gasteiger partial charge in [0.05, 0.1) is 12.8 Å². The largest absolute Gasteiger partial charge is 0.494 e. The number of rotatable bonds is 6. The monoisotopic (exact) mass is 264 g/mol. The number of methoxy groups -OCH3 is 1. The van der Waals surface area contributed by atoms with Crippen molar-refractivity contribution in [1.29, 1.82) is 0 Å². The molecule has 0 unspecified atom stereocenters. The lowest BCUT2D eigenvalue weighted by Crippen LogP contribution is -2.13. The molecule has 0 spiro atoms. The van der Waals surface area contributed by atoms with Crippen molar-refractivity contribution in [3.63, 3.8) is 0 Å². The average Bonchev–Trinajstić information content (AvgIpc) is 2.88. The Bertz CT molecular complexity index is 540. The molecule has 0 radical (unpaired) electrons. The molecule has 0 saturated carbocycles. The molecule has 0 aliphatic carbocycles. The molecule has 2 aromatic rings. The van der Waals surface area contributed by atoms with Crippen molar-refractivity contribution < 1.29 is 13.7 Å². The van der Waals surface area contributed by atoms with E-state index >= 15 is 0 Å². The molecule has 1 heterocycles. The fraction of sp³-hybridized carbons (Fsp3) is 0.357. The van der Waals surface area contributed by atoms with E-state index in [2.05, 4.69) is 17.4 Å². The van der Waals surface area contributed by atoms with Gasteiger partial charge in [-0.3, -0.25) is 0 Å². The van der Waals surface area contributed by atoms with Crippen LogP contribution in [0.2, 0.25) is 0 Å². The normalized spacial score (nSPS) is 10.7. The van der Waals surface area contributed by atoms with Crippen LogP contribution in [0.4, 0.5) is 4.39 Å². The van der Waals surface area contributed by atoms with E-state index in [-0.39, 0.29) is 5.75 Å². The topological polar surface area (TPSA) is 47.3 Å². The summed E-state index contributed by atoms with van der Waals surface area (Å²) in [5.41, 5.74) is 1.45. The molecule has 1 aromatic carbocycles. The molecule has 1 N–H and O–H groups in total. The van der Waals surface area contributed by atoms with Gasteiger partial charge >= 0.3 is 0 Å². The molecule has 0 aliphatic heterocycles. The first kappa shape index (κ1) is 13.5. The predicted octanol–water partition coefficient (Wildman–Crippen LogP) is 2.99. The van der Waals surface area contributed by atoms with E-state index in [0.29, 0.717) is 17.9 Å². The van der Waals surface area contributed by atoms with Gasteiger partial charge in [0.2, 0.25) is 0 Å². The summed E-state index contributed by atoms with van der Waals surface area (Å²) in [7, 11) is 1.43. The molecule has 102 valence electrons. The number of aromatic nitrogens is 1. The number of benzene rings is 1. The van der Waals surface area contributed by atoms with Gasteiger partial charge in [0, 0.05) is 18.2 Å². The molecule has 1 aromatic heterocycles. The minimum atomic E-state index is -0.415. The zero-order valence-electron chi connectivity index (χ0n) is 11.1. The minimum Gasteiger partial charge on any atom is -0.494 e. The first-order valence-electron chi connectivity index (χ1n) is 6.24. The van der Waals surface area contributed by atoms with E-state index in [4.69, 9.17) is 9.26 Å². The summed E-state index contributed by atoms with van der Waals surface area (Å²) in [4.78, 5) is 0. The van der Waals surface area contributed by atoms with Crippen LogP contribution in [0.5, 0.6) is 5.75 Å². The van der Waals surface area contributed by atoms with Gasteiger partial charge in [-0.05, 0) is 31.2 Å². The standard InChI is InChI=1S/C14H17FN2O2/c1-3-6-16-9-11-8-14(19-17-11)10-4-5-13(18-2)12(15)7-10/h4-5,7-8,16H,3,6,9H2,1-2H3. The molecule has 0 amide bonds. The van der Waals surface area contributed by atoms with Crippen molar-refractivity contribution >= 4 is 0 Å². The molecule has 0 fully saturated rings. The third-order valence-corrected chi connectivity index (χ3v) is 2.73. The smallest absolute Gasteiger partial charge is 0.167 e. The van der Waals surface area contributed by atoms with Crippen LogP contribution in [0.25, 0.3) is 11.3 Å². The van der Waals surface area contributed by atoms with Crippen molar-refractivity contribution in [2.45, 2.75) is 19.9 Å². The maximum Gasteiger partial charge on any atom is 0.167 e. The van der Waals surface area contributed by atoms with Crippen molar-refractivity contribution in [2.24, 2.45) is 0 Å². The SMILES string of the molecule is CCCNCc1cc(-c2ccc(OC)c(F)c2)on1. The van der Waals surface area contributed by atoms with Crippen molar-refractivity contribution in [3.05, 3.63) is 35.8 Å². The van der Waals surface area contributed by atoms with Crippen molar-refractivity contribution in [3.8, 4) is 17.1 Å². The zero-order valence-corrected chi connectivity index (χ0v) is 11.1. The van der Waals surface area contributed by atoms with Gasteiger partial charge in [-0.2, -0.15) is 0 Å². The van der Waals surface area contributed by atoms with Gasteiger partial charge in [0.1, 0.15) is 0 Å². The van der Waals surface area contributed by atoms with E-state index in [9.17, 15) is 4.39 Å². The lowest BCUT2D eigenvalue weighted by Gasteiger charge is -2.02. The number of nitrogens with zero attached hydrogens (tertiary/aromatic N) is 1. The van der Waals surface area contributed by atoms with Crippen LogP contribution >= 0.6 is 0 Å². The summed E-state index contributed by atoms with van der Waals surface area (Å²) in [6, 6.07) is 6.50. The minimum absolute atomic E-state index is 0.216. The molecule has 0 atom stereocenters. The first-order valence-corrected chi connectivity index (χ1v) is 6.24. The second-order valence-electron chi connectivity index (χ2n) is 4.21. The highest BCUT2D eigenvalue weighted by Crippen LogP contribution is 2.25. The van der Waals surface area contributed by atoms with E-state index in [1.807, 2.05) is 6.07 Å². The number of hydrogen-bond donors (Lipinski definition) is 1. The van der Waals surface area contributed by atoms with Gasteiger partial charge in [0.25, 0.3) is 0 Å². The molecule has 2 rings (SSSR count). The Morgan fingerprint density at radius 3 is 2.89 bits per heavy atom. The van der Waals surface area contributed by atoms with Crippen LogP contribution in [-0.2, 0) is 6.54 Å². The van der Waals surface area contributed by atoms with Crippen LogP contribution in [-0.4, -0.2) is 18.8 Å². The van der Waals surface area contributed by atoms with Gasteiger partial charge in [0.15, 0.2) is 17.3 Å². The predicted molar refractivity (Wildman–Crippen MR) is 70.4 cm³/mol. The second-order valence-corrected chi connectivity index (χ2v) is 4.21. The lowest BCUT2D eigenvalue weighted by molar-refractivity contribution is 0.386. The van der Waals surface area contributed by atoms with Gasteiger partial charge in [-0.15, -0.1) is 0 Å². The zero-order chi connectivity index (χ0) is 13.7. The fourth-order valence-electron chi connectivity index (χ4n) is 1.74. The quantitative estimate of drug-likeness (QED) is 0.815. The summed E-state index contributed by atoms with van der Waals surface area (Å²) in [5.74, 6) is 0.352. The Labute approximate surface area is 111 Å². The lowest BCUT2D eigenvalue weighted by atomic mass is 10.1.